The van der Waals surface area contributed by atoms with E-state index in [0.29, 0.717) is 0 Å². The van der Waals surface area contributed by atoms with E-state index in [2.05, 4.69) is 146 Å². The van der Waals surface area contributed by atoms with Crippen molar-refractivity contribution in [3.05, 3.63) is 139 Å². The van der Waals surface area contributed by atoms with Gasteiger partial charge < -0.3 is 4.90 Å². The Kier molecular flexibility index (Phi) is 4.56. The molecule has 0 aromatic heterocycles. The number of rotatable bonds is 3. The molecule has 6 aromatic carbocycles. The van der Waals surface area contributed by atoms with Crippen LogP contribution in [0.5, 0.6) is 0 Å². The van der Waals surface area contributed by atoms with Crippen LogP contribution >= 0.6 is 0 Å². The van der Waals surface area contributed by atoms with Gasteiger partial charge in [0.05, 0.1) is 11.4 Å². The van der Waals surface area contributed by atoms with Gasteiger partial charge in [0.1, 0.15) is 0 Å². The highest BCUT2D eigenvalue weighted by molar-refractivity contribution is 6.03. The highest BCUT2D eigenvalue weighted by atomic mass is 15.1. The smallest absolute Gasteiger partial charge is 0.0543 e. The first kappa shape index (κ1) is 21.0. The van der Waals surface area contributed by atoms with E-state index < -0.39 is 0 Å². The van der Waals surface area contributed by atoms with Crippen molar-refractivity contribution in [1.29, 1.82) is 0 Å². The van der Waals surface area contributed by atoms with Crippen LogP contribution in [-0.2, 0) is 5.41 Å². The maximum atomic E-state index is 2.46. The minimum Gasteiger partial charge on any atom is -0.309 e. The van der Waals surface area contributed by atoms with Crippen molar-refractivity contribution in [3.63, 3.8) is 0 Å². The van der Waals surface area contributed by atoms with E-state index in [1.54, 1.807) is 0 Å². The molecule has 36 heavy (non-hydrogen) atoms. The molecule has 0 spiro atoms. The Morgan fingerprint density at radius 2 is 1.14 bits per heavy atom. The number of hydrogen-bond acceptors (Lipinski definition) is 1. The van der Waals surface area contributed by atoms with Crippen LogP contribution < -0.4 is 4.90 Å². The molecule has 1 nitrogen and oxygen atoms in total. The third kappa shape index (κ3) is 3.03. The predicted molar refractivity (Wildman–Crippen MR) is 154 cm³/mol. The zero-order valence-corrected chi connectivity index (χ0v) is 20.6. The van der Waals surface area contributed by atoms with Crippen molar-refractivity contribution in [1.82, 2.24) is 0 Å². The number of fused-ring (bicyclic) bond motifs is 5. The van der Waals surface area contributed by atoms with Gasteiger partial charge >= 0.3 is 0 Å². The van der Waals surface area contributed by atoms with Crippen LogP contribution in [0.4, 0.5) is 17.1 Å². The van der Waals surface area contributed by atoms with Crippen molar-refractivity contribution >= 4 is 38.6 Å². The zero-order chi connectivity index (χ0) is 24.3. The summed E-state index contributed by atoms with van der Waals surface area (Å²) < 4.78 is 0. The van der Waals surface area contributed by atoms with Gasteiger partial charge in [-0.2, -0.15) is 0 Å². The van der Waals surface area contributed by atoms with Gasteiger partial charge in [-0.25, -0.2) is 0 Å². The van der Waals surface area contributed by atoms with E-state index >= 15 is 0 Å². The summed E-state index contributed by atoms with van der Waals surface area (Å²) in [6.45, 7) is 4.69. The second-order valence-electron chi connectivity index (χ2n) is 10.2. The van der Waals surface area contributed by atoms with Crippen molar-refractivity contribution in [2.75, 3.05) is 4.90 Å². The maximum absolute atomic E-state index is 2.46. The fourth-order valence-corrected chi connectivity index (χ4v) is 6.05. The summed E-state index contributed by atoms with van der Waals surface area (Å²) >= 11 is 0. The van der Waals surface area contributed by atoms with E-state index in [-0.39, 0.29) is 5.41 Å². The summed E-state index contributed by atoms with van der Waals surface area (Å²) in [7, 11) is 0. The first-order chi connectivity index (χ1) is 17.6. The van der Waals surface area contributed by atoms with Crippen LogP contribution in [0, 0.1) is 0 Å². The zero-order valence-electron chi connectivity index (χ0n) is 20.6. The molecule has 172 valence electrons. The van der Waals surface area contributed by atoms with Crippen LogP contribution in [0.25, 0.3) is 32.7 Å². The molecular weight excluding hydrogens is 434 g/mol. The molecule has 7 rings (SSSR count). The molecule has 0 N–H and O–H groups in total. The Balaban J connectivity index is 1.57. The van der Waals surface area contributed by atoms with E-state index in [4.69, 9.17) is 0 Å². The molecule has 0 bridgehead atoms. The highest BCUT2D eigenvalue weighted by Crippen LogP contribution is 2.54. The van der Waals surface area contributed by atoms with E-state index in [1.807, 2.05) is 0 Å². The van der Waals surface area contributed by atoms with Gasteiger partial charge in [0.15, 0.2) is 0 Å². The van der Waals surface area contributed by atoms with E-state index in [9.17, 15) is 0 Å². The fourth-order valence-electron chi connectivity index (χ4n) is 6.05. The Bertz CT molecular complexity index is 1770. The molecule has 0 heterocycles. The lowest BCUT2D eigenvalue weighted by Crippen LogP contribution is -2.16. The third-order valence-electron chi connectivity index (χ3n) is 7.83. The molecule has 0 radical (unpaired) electrons. The average Bonchev–Trinajstić information content (AvgIpc) is 3.16. The standard InChI is InChI=1S/C35H27N/c1-35(2)30-17-8-7-16-29(30)34-31(35)18-10-20-33(34)36(27-22-21-24-11-3-4-13-26(24)23-27)32-19-9-14-25-12-5-6-15-28(25)32/h3-23H,1-2H3. The number of anilines is 3. The topological polar surface area (TPSA) is 3.24 Å². The summed E-state index contributed by atoms with van der Waals surface area (Å²) in [6, 6.07) is 46.5. The van der Waals surface area contributed by atoms with Crippen molar-refractivity contribution in [2.24, 2.45) is 0 Å². The Hall–Kier alpha value is -4.36. The average molecular weight is 462 g/mol. The van der Waals surface area contributed by atoms with Crippen LogP contribution in [-0.4, -0.2) is 0 Å². The number of hydrogen-bond donors (Lipinski definition) is 0. The second-order valence-corrected chi connectivity index (χ2v) is 10.2. The maximum Gasteiger partial charge on any atom is 0.0543 e. The summed E-state index contributed by atoms with van der Waals surface area (Å²) in [6.07, 6.45) is 0. The Morgan fingerprint density at radius 3 is 2.03 bits per heavy atom. The molecule has 0 fully saturated rings. The van der Waals surface area contributed by atoms with Gasteiger partial charge in [-0.3, -0.25) is 0 Å². The lowest BCUT2D eigenvalue weighted by molar-refractivity contribution is 0.660. The molecule has 0 amide bonds. The minimum absolute atomic E-state index is 0.0459. The fraction of sp³-hybridized carbons (Fsp3) is 0.0857. The molecule has 0 atom stereocenters. The summed E-state index contributed by atoms with van der Waals surface area (Å²) in [4.78, 5) is 2.46. The summed E-state index contributed by atoms with van der Waals surface area (Å²) in [5.74, 6) is 0. The number of nitrogens with zero attached hydrogens (tertiary/aromatic N) is 1. The van der Waals surface area contributed by atoms with Crippen molar-refractivity contribution in [2.45, 2.75) is 19.3 Å². The largest absolute Gasteiger partial charge is 0.309 e. The van der Waals surface area contributed by atoms with Crippen LogP contribution in [0.1, 0.15) is 25.0 Å². The van der Waals surface area contributed by atoms with Gasteiger partial charge in [0.2, 0.25) is 0 Å². The van der Waals surface area contributed by atoms with E-state index in [1.165, 1.54) is 60.9 Å². The lowest BCUT2D eigenvalue weighted by Gasteiger charge is -2.30. The quantitative estimate of drug-likeness (QED) is 0.253. The Labute approximate surface area is 212 Å². The number of benzene rings is 6. The molecule has 1 aliphatic carbocycles. The van der Waals surface area contributed by atoms with Gasteiger partial charge in [-0.1, -0.05) is 117 Å². The lowest BCUT2D eigenvalue weighted by atomic mass is 9.82. The molecule has 0 unspecified atom stereocenters. The summed E-state index contributed by atoms with van der Waals surface area (Å²) in [5, 5.41) is 4.99. The normalized spacial score (nSPS) is 13.5. The molecule has 0 aliphatic heterocycles. The Morgan fingerprint density at radius 1 is 0.500 bits per heavy atom. The molecule has 1 heteroatoms. The SMILES string of the molecule is CC1(C)c2ccccc2-c2c(N(c3ccc4ccccc4c3)c3cccc4ccccc34)cccc21. The minimum atomic E-state index is -0.0459. The van der Waals surface area contributed by atoms with Crippen molar-refractivity contribution in [3.8, 4) is 11.1 Å². The molecule has 6 aromatic rings. The van der Waals surface area contributed by atoms with Crippen LogP contribution in [0.2, 0.25) is 0 Å². The van der Waals surface area contributed by atoms with Gasteiger partial charge in [-0.15, -0.1) is 0 Å². The third-order valence-corrected chi connectivity index (χ3v) is 7.83. The van der Waals surface area contributed by atoms with Crippen LogP contribution in [0.3, 0.4) is 0 Å². The molecule has 0 saturated carbocycles. The first-order valence-corrected chi connectivity index (χ1v) is 12.6. The van der Waals surface area contributed by atoms with Crippen molar-refractivity contribution < 1.29 is 0 Å². The molecular formula is C35H27N. The van der Waals surface area contributed by atoms with Crippen LogP contribution in [0.15, 0.2) is 127 Å². The van der Waals surface area contributed by atoms with Gasteiger partial charge in [-0.05, 0) is 57.1 Å². The highest BCUT2D eigenvalue weighted by Gasteiger charge is 2.37. The predicted octanol–water partition coefficient (Wildman–Crippen LogP) is 9.77. The molecule has 0 saturated heterocycles. The monoisotopic (exact) mass is 461 g/mol. The van der Waals surface area contributed by atoms with Gasteiger partial charge in [0, 0.05) is 22.1 Å². The van der Waals surface area contributed by atoms with E-state index in [0.717, 1.165) is 0 Å². The molecule has 1 aliphatic rings. The van der Waals surface area contributed by atoms with Gasteiger partial charge in [0.25, 0.3) is 0 Å². The second kappa shape index (κ2) is 7.83. The first-order valence-electron chi connectivity index (χ1n) is 12.6. The summed E-state index contributed by atoms with van der Waals surface area (Å²) in [5.41, 5.74) is 8.97.